The summed E-state index contributed by atoms with van der Waals surface area (Å²) in [6.07, 6.45) is 5.36. The number of rotatable bonds is 3. The summed E-state index contributed by atoms with van der Waals surface area (Å²) in [6, 6.07) is 0. The molecule has 1 amide bonds. The molecular formula is C18H23N3O2S2. The number of carbonyl (C=O) groups is 1. The summed E-state index contributed by atoms with van der Waals surface area (Å²) in [5.74, 6) is 1.22. The fraction of sp³-hybridized carbons (Fsp3) is 0.611. The van der Waals surface area contributed by atoms with Gasteiger partial charge in [0.25, 0.3) is 5.56 Å². The Balaban J connectivity index is 1.53. The number of piperidine rings is 1. The van der Waals surface area contributed by atoms with E-state index in [0.717, 1.165) is 55.4 Å². The van der Waals surface area contributed by atoms with E-state index in [9.17, 15) is 9.59 Å². The van der Waals surface area contributed by atoms with Crippen LogP contribution < -0.4 is 5.56 Å². The molecule has 1 fully saturated rings. The van der Waals surface area contributed by atoms with E-state index in [-0.39, 0.29) is 11.5 Å². The van der Waals surface area contributed by atoms with E-state index in [1.807, 2.05) is 4.90 Å². The van der Waals surface area contributed by atoms with Crippen molar-refractivity contribution in [3.05, 3.63) is 20.8 Å². The van der Waals surface area contributed by atoms with Crippen molar-refractivity contribution in [2.75, 3.05) is 18.8 Å². The molecule has 134 valence electrons. The maximum atomic E-state index is 12.8. The van der Waals surface area contributed by atoms with Crippen LogP contribution in [0.1, 0.15) is 36.6 Å². The fourth-order valence-corrected chi connectivity index (χ4v) is 5.89. The molecular weight excluding hydrogens is 354 g/mol. The molecule has 1 saturated heterocycles. The number of carbonyl (C=O) groups excluding carboxylic acids is 1. The Morgan fingerprint density at radius 3 is 2.84 bits per heavy atom. The Morgan fingerprint density at radius 1 is 1.32 bits per heavy atom. The molecule has 1 aliphatic carbocycles. The Morgan fingerprint density at radius 2 is 2.08 bits per heavy atom. The molecule has 1 aliphatic heterocycles. The topological polar surface area (TPSA) is 55.2 Å². The summed E-state index contributed by atoms with van der Waals surface area (Å²) < 4.78 is 1.61. The lowest BCUT2D eigenvalue weighted by molar-refractivity contribution is -0.129. The highest BCUT2D eigenvalue weighted by molar-refractivity contribution is 7.99. The fourth-order valence-electron chi connectivity index (χ4n) is 3.71. The van der Waals surface area contributed by atoms with Gasteiger partial charge in [-0.25, -0.2) is 4.98 Å². The third kappa shape index (κ3) is 3.12. The summed E-state index contributed by atoms with van der Waals surface area (Å²) in [7, 11) is 1.77. The SMILES string of the molecule is CC1CCN(C(=O)CSc2nc3sc4c(c3c(=O)n2C)CCC4)CC1. The minimum Gasteiger partial charge on any atom is -0.342 e. The monoisotopic (exact) mass is 377 g/mol. The predicted molar refractivity (Wildman–Crippen MR) is 103 cm³/mol. The van der Waals surface area contributed by atoms with E-state index in [1.54, 1.807) is 23.0 Å². The van der Waals surface area contributed by atoms with E-state index < -0.39 is 0 Å². The van der Waals surface area contributed by atoms with Crippen LogP contribution in [0, 0.1) is 5.92 Å². The molecule has 7 heteroatoms. The quantitative estimate of drug-likeness (QED) is 0.610. The van der Waals surface area contributed by atoms with Crippen LogP contribution in [0.15, 0.2) is 9.95 Å². The molecule has 2 aromatic heterocycles. The summed E-state index contributed by atoms with van der Waals surface area (Å²) in [4.78, 5) is 34.0. The van der Waals surface area contributed by atoms with Gasteiger partial charge in [-0.1, -0.05) is 18.7 Å². The molecule has 0 unspecified atom stereocenters. The highest BCUT2D eigenvalue weighted by Crippen LogP contribution is 2.35. The second-order valence-electron chi connectivity index (χ2n) is 7.15. The van der Waals surface area contributed by atoms with Crippen molar-refractivity contribution in [3.8, 4) is 0 Å². The van der Waals surface area contributed by atoms with Crippen molar-refractivity contribution in [2.45, 2.75) is 44.2 Å². The van der Waals surface area contributed by atoms with Crippen molar-refractivity contribution < 1.29 is 4.79 Å². The average molecular weight is 378 g/mol. The lowest BCUT2D eigenvalue weighted by Crippen LogP contribution is -2.39. The van der Waals surface area contributed by atoms with Crippen LogP contribution in [0.5, 0.6) is 0 Å². The van der Waals surface area contributed by atoms with E-state index >= 15 is 0 Å². The summed E-state index contributed by atoms with van der Waals surface area (Å²) in [5, 5.41) is 1.46. The van der Waals surface area contributed by atoms with Crippen LogP contribution in [-0.2, 0) is 24.7 Å². The lowest BCUT2D eigenvalue weighted by atomic mass is 9.99. The largest absolute Gasteiger partial charge is 0.342 e. The van der Waals surface area contributed by atoms with E-state index in [1.165, 1.54) is 22.2 Å². The van der Waals surface area contributed by atoms with Crippen LogP contribution in [-0.4, -0.2) is 39.2 Å². The van der Waals surface area contributed by atoms with Gasteiger partial charge in [0.05, 0.1) is 11.1 Å². The Bertz CT molecular complexity index is 879. The van der Waals surface area contributed by atoms with Crippen LogP contribution in [0.2, 0.25) is 0 Å². The number of nitrogens with zero attached hydrogens (tertiary/aromatic N) is 3. The second kappa shape index (κ2) is 6.76. The predicted octanol–water partition coefficient (Wildman–Crippen LogP) is 2.83. The number of thiophene rings is 1. The zero-order valence-electron chi connectivity index (χ0n) is 14.7. The summed E-state index contributed by atoms with van der Waals surface area (Å²) in [5.41, 5.74) is 1.24. The minimum absolute atomic E-state index is 0.0335. The van der Waals surface area contributed by atoms with Gasteiger partial charge < -0.3 is 4.90 Å². The number of fused-ring (bicyclic) bond motifs is 3. The molecule has 5 nitrogen and oxygen atoms in total. The van der Waals surface area contributed by atoms with Gasteiger partial charge in [0.2, 0.25) is 5.91 Å². The normalized spacial score (nSPS) is 18.1. The van der Waals surface area contributed by atoms with Crippen molar-refractivity contribution in [3.63, 3.8) is 0 Å². The minimum atomic E-state index is 0.0335. The van der Waals surface area contributed by atoms with Gasteiger partial charge >= 0.3 is 0 Å². The Hall–Kier alpha value is -1.34. The van der Waals surface area contributed by atoms with Crippen LogP contribution in [0.3, 0.4) is 0 Å². The second-order valence-corrected chi connectivity index (χ2v) is 9.17. The number of hydrogen-bond acceptors (Lipinski definition) is 5. The first kappa shape index (κ1) is 17.1. The van der Waals surface area contributed by atoms with Crippen LogP contribution in [0.25, 0.3) is 10.2 Å². The first-order valence-corrected chi connectivity index (χ1v) is 10.8. The van der Waals surface area contributed by atoms with Crippen molar-refractivity contribution in [2.24, 2.45) is 13.0 Å². The summed E-state index contributed by atoms with van der Waals surface area (Å²) >= 11 is 3.04. The molecule has 0 aromatic carbocycles. The Kier molecular flexibility index (Phi) is 4.62. The van der Waals surface area contributed by atoms with Gasteiger partial charge in [0, 0.05) is 25.0 Å². The first-order valence-electron chi connectivity index (χ1n) is 8.96. The number of likely N-dealkylation sites (tertiary alicyclic amines) is 1. The molecule has 0 spiro atoms. The molecule has 0 saturated carbocycles. The number of thioether (sulfide) groups is 1. The zero-order chi connectivity index (χ0) is 17.6. The van der Waals surface area contributed by atoms with Gasteiger partial charge in [0.1, 0.15) is 4.83 Å². The third-order valence-electron chi connectivity index (χ3n) is 5.37. The molecule has 2 aliphatic rings. The number of amides is 1. The number of aromatic nitrogens is 2. The maximum Gasteiger partial charge on any atom is 0.262 e. The van der Waals surface area contributed by atoms with Gasteiger partial charge in [-0.15, -0.1) is 11.3 Å². The maximum absolute atomic E-state index is 12.8. The molecule has 0 bridgehead atoms. The average Bonchev–Trinajstić information content (AvgIpc) is 3.17. The Labute approximate surface area is 155 Å². The van der Waals surface area contributed by atoms with Gasteiger partial charge in [-0.05, 0) is 43.6 Å². The molecule has 25 heavy (non-hydrogen) atoms. The van der Waals surface area contributed by atoms with Crippen LogP contribution in [0.4, 0.5) is 0 Å². The van der Waals surface area contributed by atoms with Crippen molar-refractivity contribution in [1.29, 1.82) is 0 Å². The number of hydrogen-bond donors (Lipinski definition) is 0. The van der Waals surface area contributed by atoms with Crippen molar-refractivity contribution in [1.82, 2.24) is 14.5 Å². The summed E-state index contributed by atoms with van der Waals surface area (Å²) in [6.45, 7) is 3.94. The lowest BCUT2D eigenvalue weighted by Gasteiger charge is -2.30. The molecule has 0 atom stereocenters. The van der Waals surface area contributed by atoms with E-state index in [0.29, 0.717) is 16.8 Å². The van der Waals surface area contributed by atoms with Crippen molar-refractivity contribution >= 4 is 39.2 Å². The highest BCUT2D eigenvalue weighted by Gasteiger charge is 2.24. The molecule has 0 radical (unpaired) electrons. The van der Waals surface area contributed by atoms with Gasteiger partial charge in [-0.3, -0.25) is 14.2 Å². The van der Waals surface area contributed by atoms with E-state index in [2.05, 4.69) is 6.92 Å². The van der Waals surface area contributed by atoms with E-state index in [4.69, 9.17) is 4.98 Å². The smallest absolute Gasteiger partial charge is 0.262 e. The molecule has 0 N–H and O–H groups in total. The molecule has 4 rings (SSSR count). The van der Waals surface area contributed by atoms with Crippen LogP contribution >= 0.6 is 23.1 Å². The van der Waals surface area contributed by atoms with Gasteiger partial charge in [-0.2, -0.15) is 0 Å². The molecule has 2 aromatic rings. The number of aryl methyl sites for hydroxylation is 2. The van der Waals surface area contributed by atoms with Gasteiger partial charge in [0.15, 0.2) is 5.16 Å². The zero-order valence-corrected chi connectivity index (χ0v) is 16.3. The molecule has 3 heterocycles. The third-order valence-corrected chi connectivity index (χ3v) is 7.57. The first-order chi connectivity index (χ1) is 12.0. The standard InChI is InChI=1S/C18H23N3O2S2/c1-11-6-8-21(9-7-11)14(22)10-24-18-19-16-15(17(23)20(18)2)12-4-3-5-13(12)25-16/h11H,3-10H2,1-2H3. The highest BCUT2D eigenvalue weighted by atomic mass is 32.2.